The van der Waals surface area contributed by atoms with Crippen molar-refractivity contribution in [1.82, 2.24) is 5.32 Å². The Bertz CT molecular complexity index is 692. The van der Waals surface area contributed by atoms with Crippen LogP contribution in [-0.4, -0.2) is 37.0 Å². The molecule has 2 aromatic carbocycles. The zero-order valence-corrected chi connectivity index (χ0v) is 15.8. The zero-order valence-electron chi connectivity index (χ0n) is 15.0. The van der Waals surface area contributed by atoms with Crippen LogP contribution in [0, 0.1) is 0 Å². The molecule has 1 aliphatic carbocycles. The maximum absolute atomic E-state index is 10.7. The first kappa shape index (κ1) is 19.0. The Labute approximate surface area is 160 Å². The minimum absolute atomic E-state index is 0.0478. The van der Waals surface area contributed by atoms with E-state index in [2.05, 4.69) is 11.4 Å². The highest BCUT2D eigenvalue weighted by molar-refractivity contribution is 6.30. The molecule has 3 atom stereocenters. The highest BCUT2D eigenvalue weighted by atomic mass is 35.5. The van der Waals surface area contributed by atoms with Gasteiger partial charge in [-0.2, -0.15) is 0 Å². The number of hydrogen-bond acceptors (Lipinski definition) is 4. The normalized spacial score (nSPS) is 22.8. The first-order chi connectivity index (χ1) is 12.7. The van der Waals surface area contributed by atoms with Gasteiger partial charge in [0.2, 0.25) is 0 Å². The number of aliphatic hydroxyl groups is 1. The lowest BCUT2D eigenvalue weighted by Crippen LogP contribution is -2.51. The third-order valence-electron chi connectivity index (χ3n) is 4.85. The molecule has 1 saturated carbocycles. The van der Waals surface area contributed by atoms with Crippen LogP contribution in [0.5, 0.6) is 11.5 Å². The van der Waals surface area contributed by atoms with Crippen molar-refractivity contribution >= 4 is 11.6 Å². The van der Waals surface area contributed by atoms with Crippen LogP contribution in [0.2, 0.25) is 5.02 Å². The Balaban J connectivity index is 1.50. The first-order valence-electron chi connectivity index (χ1n) is 9.12. The van der Waals surface area contributed by atoms with Crippen LogP contribution >= 0.6 is 11.6 Å². The maximum Gasteiger partial charge on any atom is 0.126 e. The predicted molar refractivity (Wildman–Crippen MR) is 104 cm³/mol. The van der Waals surface area contributed by atoms with E-state index in [1.54, 1.807) is 19.2 Å². The number of rotatable bonds is 7. The molecule has 0 bridgehead atoms. The van der Waals surface area contributed by atoms with Crippen molar-refractivity contribution < 1.29 is 14.6 Å². The van der Waals surface area contributed by atoms with Gasteiger partial charge < -0.3 is 19.9 Å². The van der Waals surface area contributed by atoms with Crippen LogP contribution in [0.25, 0.3) is 0 Å². The van der Waals surface area contributed by atoms with E-state index in [0.717, 1.165) is 43.7 Å². The summed E-state index contributed by atoms with van der Waals surface area (Å²) in [6.45, 7) is 0.808. The van der Waals surface area contributed by atoms with Gasteiger partial charge in [0.05, 0.1) is 7.11 Å². The molecule has 0 radical (unpaired) electrons. The molecule has 5 heteroatoms. The molecule has 0 spiro atoms. The van der Waals surface area contributed by atoms with E-state index in [4.69, 9.17) is 21.1 Å². The average molecular weight is 376 g/mol. The zero-order chi connectivity index (χ0) is 18.4. The monoisotopic (exact) mass is 375 g/mol. The van der Waals surface area contributed by atoms with E-state index in [-0.39, 0.29) is 12.1 Å². The maximum atomic E-state index is 10.7. The molecule has 0 aromatic heterocycles. The fourth-order valence-corrected chi connectivity index (χ4v) is 3.53. The van der Waals surface area contributed by atoms with Gasteiger partial charge in [-0.3, -0.25) is 0 Å². The van der Waals surface area contributed by atoms with E-state index in [1.807, 2.05) is 30.3 Å². The lowest BCUT2D eigenvalue weighted by atomic mass is 9.89. The number of halogens is 1. The van der Waals surface area contributed by atoms with Crippen molar-refractivity contribution in [3.63, 3.8) is 0 Å². The molecule has 2 aromatic rings. The summed E-state index contributed by atoms with van der Waals surface area (Å²) in [5.41, 5.74) is 1.22. The van der Waals surface area contributed by atoms with Crippen molar-refractivity contribution in [2.45, 2.75) is 43.9 Å². The second-order valence-corrected chi connectivity index (χ2v) is 7.13. The second-order valence-electron chi connectivity index (χ2n) is 6.69. The Morgan fingerprint density at radius 3 is 2.69 bits per heavy atom. The smallest absolute Gasteiger partial charge is 0.126 e. The van der Waals surface area contributed by atoms with Gasteiger partial charge in [-0.1, -0.05) is 23.7 Å². The third kappa shape index (κ3) is 5.13. The molecule has 1 aliphatic rings. The summed E-state index contributed by atoms with van der Waals surface area (Å²) in [6.07, 6.45) is 3.02. The number of methoxy groups -OCH3 is 1. The number of nitrogens with one attached hydrogen (secondary N) is 1. The molecule has 0 heterocycles. The molecule has 3 rings (SSSR count). The molecular weight excluding hydrogens is 350 g/mol. The summed E-state index contributed by atoms with van der Waals surface area (Å²) in [4.78, 5) is 0. The minimum atomic E-state index is -0.523. The Morgan fingerprint density at radius 1 is 1.12 bits per heavy atom. The second kappa shape index (κ2) is 9.26. The molecule has 0 unspecified atom stereocenters. The molecule has 0 aliphatic heterocycles. The van der Waals surface area contributed by atoms with E-state index in [0.29, 0.717) is 5.02 Å². The summed E-state index contributed by atoms with van der Waals surface area (Å²) in [6, 6.07) is 15.4. The van der Waals surface area contributed by atoms with Gasteiger partial charge in [0, 0.05) is 11.1 Å². The third-order valence-corrected chi connectivity index (χ3v) is 5.10. The largest absolute Gasteiger partial charge is 0.497 e. The molecule has 26 heavy (non-hydrogen) atoms. The van der Waals surface area contributed by atoms with Crippen LogP contribution < -0.4 is 14.8 Å². The lowest BCUT2D eigenvalue weighted by Gasteiger charge is -2.35. The van der Waals surface area contributed by atoms with E-state index < -0.39 is 6.10 Å². The van der Waals surface area contributed by atoms with Gasteiger partial charge in [0.1, 0.15) is 23.7 Å². The van der Waals surface area contributed by atoms with Gasteiger partial charge in [0.25, 0.3) is 0 Å². The van der Waals surface area contributed by atoms with Crippen LogP contribution in [-0.2, 0) is 6.42 Å². The summed E-state index contributed by atoms with van der Waals surface area (Å²) < 4.78 is 11.2. The summed E-state index contributed by atoms with van der Waals surface area (Å²) in [7, 11) is 1.68. The van der Waals surface area contributed by atoms with Crippen LogP contribution in [0.1, 0.15) is 24.8 Å². The van der Waals surface area contributed by atoms with Crippen LogP contribution in [0.15, 0.2) is 48.5 Å². The van der Waals surface area contributed by atoms with E-state index in [9.17, 15) is 5.11 Å². The van der Waals surface area contributed by atoms with Crippen molar-refractivity contribution in [1.29, 1.82) is 0 Å². The highest BCUT2D eigenvalue weighted by Crippen LogP contribution is 2.25. The highest BCUT2D eigenvalue weighted by Gasteiger charge is 2.32. The van der Waals surface area contributed by atoms with E-state index in [1.165, 1.54) is 5.56 Å². The standard InChI is InChI=1S/C21H26ClNO3/c1-25-18-5-2-4-15(14-18)12-13-23-19-6-3-7-20(21(19)24)26-17-10-8-16(22)9-11-17/h2,4-5,8-11,14,19-21,23-24H,3,6-7,12-13H2,1H3/t19-,20+,21+/m0/s1. The quantitative estimate of drug-likeness (QED) is 0.772. The Kier molecular flexibility index (Phi) is 6.78. The predicted octanol–water partition coefficient (Wildman–Crippen LogP) is 3.84. The molecule has 4 nitrogen and oxygen atoms in total. The number of hydrogen-bond donors (Lipinski definition) is 2. The SMILES string of the molecule is COc1cccc(CCN[C@H]2CCC[C@@H](Oc3ccc(Cl)cc3)[C@@H]2O)c1. The van der Waals surface area contributed by atoms with Crippen molar-refractivity contribution in [3.8, 4) is 11.5 Å². The van der Waals surface area contributed by atoms with Crippen LogP contribution in [0.3, 0.4) is 0 Å². The van der Waals surface area contributed by atoms with Crippen molar-refractivity contribution in [3.05, 3.63) is 59.1 Å². The molecule has 0 amide bonds. The first-order valence-corrected chi connectivity index (χ1v) is 9.50. The summed E-state index contributed by atoms with van der Waals surface area (Å²) in [5, 5.41) is 14.9. The fraction of sp³-hybridized carbons (Fsp3) is 0.429. The van der Waals surface area contributed by atoms with Crippen molar-refractivity contribution in [2.24, 2.45) is 0 Å². The average Bonchev–Trinajstić information content (AvgIpc) is 2.66. The summed E-state index contributed by atoms with van der Waals surface area (Å²) in [5.74, 6) is 1.62. The number of benzene rings is 2. The number of aliphatic hydroxyl groups excluding tert-OH is 1. The van der Waals surface area contributed by atoms with Crippen molar-refractivity contribution in [2.75, 3.05) is 13.7 Å². The van der Waals surface area contributed by atoms with E-state index >= 15 is 0 Å². The molecular formula is C21H26ClNO3. The molecule has 1 fully saturated rings. The number of ether oxygens (including phenoxy) is 2. The molecule has 0 saturated heterocycles. The van der Waals surface area contributed by atoms with Gasteiger partial charge >= 0.3 is 0 Å². The van der Waals surface area contributed by atoms with Gasteiger partial charge in [-0.25, -0.2) is 0 Å². The minimum Gasteiger partial charge on any atom is -0.497 e. The fourth-order valence-electron chi connectivity index (χ4n) is 3.41. The Morgan fingerprint density at radius 2 is 1.92 bits per heavy atom. The van der Waals surface area contributed by atoms with Gasteiger partial charge in [0.15, 0.2) is 0 Å². The molecule has 140 valence electrons. The molecule has 2 N–H and O–H groups in total. The van der Waals surface area contributed by atoms with Gasteiger partial charge in [-0.15, -0.1) is 0 Å². The summed E-state index contributed by atoms with van der Waals surface area (Å²) >= 11 is 5.91. The Hall–Kier alpha value is -1.75. The lowest BCUT2D eigenvalue weighted by molar-refractivity contribution is -0.0151. The topological polar surface area (TPSA) is 50.7 Å². The van der Waals surface area contributed by atoms with Crippen LogP contribution in [0.4, 0.5) is 0 Å². The van der Waals surface area contributed by atoms with Gasteiger partial charge in [-0.05, 0) is 74.2 Å².